The lowest BCUT2D eigenvalue weighted by molar-refractivity contribution is -0.137. The van der Waals surface area contributed by atoms with Gasteiger partial charge in [0.15, 0.2) is 0 Å². The van der Waals surface area contributed by atoms with Crippen LogP contribution in [0, 0.1) is 0 Å². The third-order valence-electron chi connectivity index (χ3n) is 2.05. The van der Waals surface area contributed by atoms with E-state index in [1.807, 2.05) is 0 Å². The van der Waals surface area contributed by atoms with Gasteiger partial charge in [-0.05, 0) is 31.2 Å². The third kappa shape index (κ3) is 3.73. The molecule has 5 heteroatoms. The van der Waals surface area contributed by atoms with Crippen molar-refractivity contribution >= 4 is 0 Å². The molecule has 1 atom stereocenters. The van der Waals surface area contributed by atoms with E-state index in [1.165, 1.54) is 12.1 Å². The van der Waals surface area contributed by atoms with Gasteiger partial charge < -0.3 is 9.84 Å². The number of aliphatic hydroxyl groups is 1. The van der Waals surface area contributed by atoms with Crippen molar-refractivity contribution in [1.82, 2.24) is 0 Å². The highest BCUT2D eigenvalue weighted by Crippen LogP contribution is 2.30. The minimum atomic E-state index is -4.32. The van der Waals surface area contributed by atoms with Gasteiger partial charge in [0.05, 0.1) is 11.7 Å². The van der Waals surface area contributed by atoms with Gasteiger partial charge in [-0.15, -0.1) is 0 Å². The predicted molar refractivity (Wildman–Crippen MR) is 53.2 cm³/mol. The molecule has 0 radical (unpaired) electrons. The van der Waals surface area contributed by atoms with E-state index in [4.69, 9.17) is 9.84 Å². The van der Waals surface area contributed by atoms with Gasteiger partial charge in [-0.2, -0.15) is 13.2 Å². The predicted octanol–water partition coefficient (Wildman–Crippen LogP) is 2.86. The lowest BCUT2D eigenvalue weighted by atomic mass is 10.2. The fraction of sp³-hybridized carbons (Fsp3) is 0.455. The van der Waals surface area contributed by atoms with Gasteiger partial charge in [0, 0.05) is 13.0 Å². The van der Waals surface area contributed by atoms with E-state index in [0.717, 1.165) is 12.1 Å². The highest BCUT2D eigenvalue weighted by molar-refractivity contribution is 5.28. The maximum atomic E-state index is 12.2. The molecule has 0 bridgehead atoms. The van der Waals surface area contributed by atoms with Crippen LogP contribution in [-0.2, 0) is 6.18 Å². The van der Waals surface area contributed by atoms with Crippen molar-refractivity contribution in [3.8, 4) is 5.75 Å². The Morgan fingerprint density at radius 1 is 1.25 bits per heavy atom. The molecule has 16 heavy (non-hydrogen) atoms. The van der Waals surface area contributed by atoms with E-state index < -0.39 is 11.7 Å². The first kappa shape index (κ1) is 12.8. The fourth-order valence-corrected chi connectivity index (χ4v) is 1.20. The number of benzene rings is 1. The maximum Gasteiger partial charge on any atom is 0.416 e. The molecule has 0 saturated heterocycles. The standard InChI is InChI=1S/C11H13F3O2/c1-8(6-7-15)16-10-4-2-9(3-5-10)11(12,13)14/h2-5,8,15H,6-7H2,1H3/t8-/m1/s1. The highest BCUT2D eigenvalue weighted by atomic mass is 19.4. The average Bonchev–Trinajstić information content (AvgIpc) is 2.17. The third-order valence-corrected chi connectivity index (χ3v) is 2.05. The Morgan fingerprint density at radius 3 is 2.25 bits per heavy atom. The van der Waals surface area contributed by atoms with Crippen LogP contribution in [0.25, 0.3) is 0 Å². The summed E-state index contributed by atoms with van der Waals surface area (Å²) in [6.45, 7) is 1.73. The summed E-state index contributed by atoms with van der Waals surface area (Å²) in [7, 11) is 0. The van der Waals surface area contributed by atoms with E-state index >= 15 is 0 Å². The Kier molecular flexibility index (Phi) is 4.18. The summed E-state index contributed by atoms with van der Waals surface area (Å²) in [6, 6.07) is 4.50. The van der Waals surface area contributed by atoms with Gasteiger partial charge in [-0.1, -0.05) is 0 Å². The van der Waals surface area contributed by atoms with Crippen LogP contribution in [0.5, 0.6) is 5.75 Å². The number of ether oxygens (including phenoxy) is 1. The lowest BCUT2D eigenvalue weighted by Crippen LogP contribution is -2.13. The Hall–Kier alpha value is -1.23. The number of alkyl halides is 3. The summed E-state index contributed by atoms with van der Waals surface area (Å²) in [6.07, 6.45) is -4.10. The van der Waals surface area contributed by atoms with Gasteiger partial charge in [-0.25, -0.2) is 0 Å². The average molecular weight is 234 g/mol. The lowest BCUT2D eigenvalue weighted by Gasteiger charge is -2.14. The Balaban J connectivity index is 2.65. The van der Waals surface area contributed by atoms with Gasteiger partial charge in [0.25, 0.3) is 0 Å². The normalized spacial score (nSPS) is 13.6. The monoisotopic (exact) mass is 234 g/mol. The molecule has 0 spiro atoms. The van der Waals surface area contributed by atoms with Crippen molar-refractivity contribution < 1.29 is 23.0 Å². The molecular formula is C11H13F3O2. The summed E-state index contributed by atoms with van der Waals surface area (Å²) >= 11 is 0. The molecule has 0 aliphatic rings. The molecule has 0 amide bonds. The van der Waals surface area contributed by atoms with Crippen molar-refractivity contribution in [2.75, 3.05) is 6.61 Å². The second-order valence-corrected chi connectivity index (χ2v) is 3.46. The van der Waals surface area contributed by atoms with E-state index in [9.17, 15) is 13.2 Å². The van der Waals surface area contributed by atoms with E-state index in [1.54, 1.807) is 6.92 Å². The van der Waals surface area contributed by atoms with Crippen LogP contribution < -0.4 is 4.74 Å². The summed E-state index contributed by atoms with van der Waals surface area (Å²) in [5.74, 6) is 0.369. The van der Waals surface area contributed by atoms with Crippen molar-refractivity contribution in [1.29, 1.82) is 0 Å². The van der Waals surface area contributed by atoms with Gasteiger partial charge >= 0.3 is 6.18 Å². The molecule has 1 rings (SSSR count). The number of aliphatic hydroxyl groups excluding tert-OH is 1. The Bertz CT molecular complexity index is 319. The molecule has 1 aromatic carbocycles. The van der Waals surface area contributed by atoms with Gasteiger partial charge in [0.2, 0.25) is 0 Å². The first-order valence-corrected chi connectivity index (χ1v) is 4.88. The van der Waals surface area contributed by atoms with Crippen molar-refractivity contribution in [3.05, 3.63) is 29.8 Å². The van der Waals surface area contributed by atoms with Crippen molar-refractivity contribution in [2.24, 2.45) is 0 Å². The van der Waals surface area contributed by atoms with E-state index in [2.05, 4.69) is 0 Å². The van der Waals surface area contributed by atoms with Crippen LogP contribution in [0.1, 0.15) is 18.9 Å². The molecule has 0 aliphatic carbocycles. The van der Waals surface area contributed by atoms with Crippen LogP contribution >= 0.6 is 0 Å². The largest absolute Gasteiger partial charge is 0.491 e. The van der Waals surface area contributed by atoms with E-state index in [0.29, 0.717) is 12.2 Å². The first-order chi connectivity index (χ1) is 7.43. The zero-order valence-electron chi connectivity index (χ0n) is 8.79. The highest BCUT2D eigenvalue weighted by Gasteiger charge is 2.30. The smallest absolute Gasteiger partial charge is 0.416 e. The number of rotatable bonds is 4. The molecule has 0 aliphatic heterocycles. The Labute approximate surface area is 91.7 Å². The summed E-state index contributed by atoms with van der Waals surface area (Å²) in [5, 5.41) is 8.64. The van der Waals surface area contributed by atoms with Crippen LogP contribution in [0.15, 0.2) is 24.3 Å². The molecule has 90 valence electrons. The molecule has 0 heterocycles. The summed E-state index contributed by atoms with van der Waals surface area (Å²) in [5.41, 5.74) is -0.699. The topological polar surface area (TPSA) is 29.5 Å². The van der Waals surface area contributed by atoms with Crippen LogP contribution in [-0.4, -0.2) is 17.8 Å². The summed E-state index contributed by atoms with van der Waals surface area (Å²) < 4.78 is 42.0. The first-order valence-electron chi connectivity index (χ1n) is 4.88. The zero-order valence-corrected chi connectivity index (χ0v) is 8.79. The van der Waals surface area contributed by atoms with Gasteiger partial charge in [0.1, 0.15) is 5.75 Å². The number of hydrogen-bond donors (Lipinski definition) is 1. The fourth-order valence-electron chi connectivity index (χ4n) is 1.20. The SMILES string of the molecule is C[C@H](CCO)Oc1ccc(C(F)(F)F)cc1. The molecule has 0 aromatic heterocycles. The molecule has 0 unspecified atom stereocenters. The minimum Gasteiger partial charge on any atom is -0.491 e. The molecular weight excluding hydrogens is 221 g/mol. The molecule has 1 N–H and O–H groups in total. The van der Waals surface area contributed by atoms with Crippen LogP contribution in [0.2, 0.25) is 0 Å². The number of halogens is 3. The van der Waals surface area contributed by atoms with Crippen molar-refractivity contribution in [2.45, 2.75) is 25.6 Å². The Morgan fingerprint density at radius 2 is 1.81 bits per heavy atom. The number of hydrogen-bond acceptors (Lipinski definition) is 2. The molecule has 0 fully saturated rings. The van der Waals surface area contributed by atoms with Crippen LogP contribution in [0.3, 0.4) is 0 Å². The molecule has 2 nitrogen and oxygen atoms in total. The molecule has 1 aromatic rings. The quantitative estimate of drug-likeness (QED) is 0.868. The molecule has 0 saturated carbocycles. The second kappa shape index (κ2) is 5.21. The zero-order chi connectivity index (χ0) is 12.2. The van der Waals surface area contributed by atoms with Crippen molar-refractivity contribution in [3.63, 3.8) is 0 Å². The minimum absolute atomic E-state index is 0.0121. The summed E-state index contributed by atoms with van der Waals surface area (Å²) in [4.78, 5) is 0. The van der Waals surface area contributed by atoms with E-state index in [-0.39, 0.29) is 12.7 Å². The van der Waals surface area contributed by atoms with Gasteiger partial charge in [-0.3, -0.25) is 0 Å². The second-order valence-electron chi connectivity index (χ2n) is 3.46. The maximum absolute atomic E-state index is 12.2. The van der Waals surface area contributed by atoms with Crippen LogP contribution in [0.4, 0.5) is 13.2 Å².